The smallest absolute Gasteiger partial charge is 0.137 e. The van der Waals surface area contributed by atoms with Crippen LogP contribution >= 0.6 is 0 Å². The molecule has 94 valence electrons. The molecule has 2 aromatic carbocycles. The zero-order valence-electron chi connectivity index (χ0n) is 10.6. The van der Waals surface area contributed by atoms with Gasteiger partial charge in [-0.15, -0.1) is 0 Å². The molecule has 19 heavy (non-hydrogen) atoms. The number of phenolic OH excluding ortho intramolecular Hbond substituents is 1. The molecule has 0 fully saturated rings. The fourth-order valence-electron chi connectivity index (χ4n) is 1.99. The Labute approximate surface area is 111 Å². The van der Waals surface area contributed by atoms with Crippen LogP contribution < -0.4 is 0 Å². The molecule has 0 aliphatic heterocycles. The zero-order valence-corrected chi connectivity index (χ0v) is 10.6. The van der Waals surface area contributed by atoms with Crippen LogP contribution in [0.5, 0.6) is 5.75 Å². The number of rotatable bonds is 2. The summed E-state index contributed by atoms with van der Waals surface area (Å²) in [5.41, 5.74) is 3.74. The number of H-pyrrole nitrogens is 1. The number of aromatic amines is 1. The molecule has 0 saturated heterocycles. The van der Waals surface area contributed by atoms with Crippen molar-refractivity contribution in [2.45, 2.75) is 6.92 Å². The van der Waals surface area contributed by atoms with Crippen molar-refractivity contribution >= 4 is 0 Å². The molecule has 0 radical (unpaired) electrons. The summed E-state index contributed by atoms with van der Waals surface area (Å²) in [5.74, 6) is 1.13. The summed E-state index contributed by atoms with van der Waals surface area (Å²) in [4.78, 5) is 7.65. The predicted molar refractivity (Wildman–Crippen MR) is 75.9 cm³/mol. The summed E-state index contributed by atoms with van der Waals surface area (Å²) in [5, 5.41) is 9.75. The number of imidazole rings is 1. The Hall–Kier alpha value is -2.55. The fourth-order valence-corrected chi connectivity index (χ4v) is 1.99. The number of aryl methyl sites for hydroxylation is 1. The Kier molecular flexibility index (Phi) is 2.80. The van der Waals surface area contributed by atoms with Crippen LogP contribution in [-0.2, 0) is 0 Å². The van der Waals surface area contributed by atoms with E-state index in [0.717, 1.165) is 28.2 Å². The van der Waals surface area contributed by atoms with Crippen molar-refractivity contribution in [3.8, 4) is 28.4 Å². The van der Waals surface area contributed by atoms with Gasteiger partial charge in [-0.3, -0.25) is 0 Å². The van der Waals surface area contributed by atoms with E-state index in [-0.39, 0.29) is 0 Å². The van der Waals surface area contributed by atoms with Gasteiger partial charge in [-0.2, -0.15) is 0 Å². The SMILES string of the molecule is Cc1ccc(-c2cnc(-c3ccccc3)[nH]2)cc1O. The van der Waals surface area contributed by atoms with Crippen molar-refractivity contribution in [1.82, 2.24) is 9.97 Å². The molecule has 3 heteroatoms. The summed E-state index contributed by atoms with van der Waals surface area (Å²) < 4.78 is 0. The predicted octanol–water partition coefficient (Wildman–Crippen LogP) is 3.76. The number of hydrogen-bond acceptors (Lipinski definition) is 2. The summed E-state index contributed by atoms with van der Waals surface area (Å²) in [6.07, 6.45) is 1.78. The average Bonchev–Trinajstić information content (AvgIpc) is 2.93. The van der Waals surface area contributed by atoms with Gasteiger partial charge in [-0.05, 0) is 18.6 Å². The van der Waals surface area contributed by atoms with Crippen molar-refractivity contribution in [3.05, 3.63) is 60.3 Å². The van der Waals surface area contributed by atoms with Crippen molar-refractivity contribution < 1.29 is 5.11 Å². The van der Waals surface area contributed by atoms with Gasteiger partial charge >= 0.3 is 0 Å². The van der Waals surface area contributed by atoms with Crippen molar-refractivity contribution in [2.24, 2.45) is 0 Å². The first kappa shape index (κ1) is 11.5. The molecule has 0 aliphatic carbocycles. The van der Waals surface area contributed by atoms with Gasteiger partial charge in [-0.25, -0.2) is 4.98 Å². The van der Waals surface area contributed by atoms with Crippen LogP contribution in [0.1, 0.15) is 5.56 Å². The Bertz CT molecular complexity index is 702. The highest BCUT2D eigenvalue weighted by molar-refractivity contribution is 5.66. The van der Waals surface area contributed by atoms with E-state index < -0.39 is 0 Å². The average molecular weight is 250 g/mol. The molecule has 3 rings (SSSR count). The number of benzene rings is 2. The van der Waals surface area contributed by atoms with Gasteiger partial charge < -0.3 is 10.1 Å². The van der Waals surface area contributed by atoms with Gasteiger partial charge in [0.1, 0.15) is 11.6 Å². The number of nitrogens with one attached hydrogen (secondary N) is 1. The number of phenols is 1. The monoisotopic (exact) mass is 250 g/mol. The topological polar surface area (TPSA) is 48.9 Å². The standard InChI is InChI=1S/C16H14N2O/c1-11-7-8-13(9-15(11)19)14-10-17-16(18-14)12-5-3-2-4-6-12/h2-10,19H,1H3,(H,17,18). The van der Waals surface area contributed by atoms with Gasteiger partial charge in [0.05, 0.1) is 11.9 Å². The minimum absolute atomic E-state index is 0.299. The highest BCUT2D eigenvalue weighted by Crippen LogP contribution is 2.26. The van der Waals surface area contributed by atoms with E-state index in [4.69, 9.17) is 0 Å². The Balaban J connectivity index is 1.99. The van der Waals surface area contributed by atoms with E-state index >= 15 is 0 Å². The Morgan fingerprint density at radius 2 is 1.79 bits per heavy atom. The molecule has 0 saturated carbocycles. The van der Waals surface area contributed by atoms with E-state index in [1.54, 1.807) is 12.3 Å². The molecule has 0 unspecified atom stereocenters. The minimum Gasteiger partial charge on any atom is -0.508 e. The van der Waals surface area contributed by atoms with Gasteiger partial charge in [0.25, 0.3) is 0 Å². The summed E-state index contributed by atoms with van der Waals surface area (Å²) in [6, 6.07) is 15.6. The van der Waals surface area contributed by atoms with E-state index in [1.807, 2.05) is 49.4 Å². The van der Waals surface area contributed by atoms with Crippen LogP contribution in [0.4, 0.5) is 0 Å². The fraction of sp³-hybridized carbons (Fsp3) is 0.0625. The maximum atomic E-state index is 9.75. The Morgan fingerprint density at radius 3 is 2.53 bits per heavy atom. The molecule has 0 amide bonds. The van der Waals surface area contributed by atoms with Crippen molar-refractivity contribution in [3.63, 3.8) is 0 Å². The first-order valence-electron chi connectivity index (χ1n) is 6.14. The molecule has 3 nitrogen and oxygen atoms in total. The maximum absolute atomic E-state index is 9.75. The van der Waals surface area contributed by atoms with Crippen molar-refractivity contribution in [2.75, 3.05) is 0 Å². The van der Waals surface area contributed by atoms with E-state index in [2.05, 4.69) is 9.97 Å². The van der Waals surface area contributed by atoms with Gasteiger partial charge in [0.2, 0.25) is 0 Å². The number of hydrogen-bond donors (Lipinski definition) is 2. The Morgan fingerprint density at radius 1 is 1.00 bits per heavy atom. The third kappa shape index (κ3) is 2.22. The minimum atomic E-state index is 0.299. The molecule has 3 aromatic rings. The van der Waals surface area contributed by atoms with E-state index in [0.29, 0.717) is 5.75 Å². The third-order valence-corrected chi connectivity index (χ3v) is 3.14. The van der Waals surface area contributed by atoms with Crippen LogP contribution in [0.2, 0.25) is 0 Å². The van der Waals surface area contributed by atoms with Gasteiger partial charge in [-0.1, -0.05) is 42.5 Å². The van der Waals surface area contributed by atoms with E-state index in [9.17, 15) is 5.11 Å². The van der Waals surface area contributed by atoms with Crippen LogP contribution in [-0.4, -0.2) is 15.1 Å². The second kappa shape index (κ2) is 4.61. The molecule has 0 spiro atoms. The molecule has 2 N–H and O–H groups in total. The van der Waals surface area contributed by atoms with Gasteiger partial charge in [0, 0.05) is 11.1 Å². The largest absolute Gasteiger partial charge is 0.508 e. The van der Waals surface area contributed by atoms with Gasteiger partial charge in [0.15, 0.2) is 0 Å². The highest BCUT2D eigenvalue weighted by Gasteiger charge is 2.06. The highest BCUT2D eigenvalue weighted by atomic mass is 16.3. The zero-order chi connectivity index (χ0) is 13.2. The lowest BCUT2D eigenvalue weighted by Crippen LogP contribution is -1.81. The molecular formula is C16H14N2O. The van der Waals surface area contributed by atoms with Crippen LogP contribution in [0.3, 0.4) is 0 Å². The van der Waals surface area contributed by atoms with Crippen LogP contribution in [0.15, 0.2) is 54.7 Å². The molecule has 0 aliphatic rings. The second-order valence-electron chi connectivity index (χ2n) is 4.51. The normalized spacial score (nSPS) is 10.6. The lowest BCUT2D eigenvalue weighted by molar-refractivity contribution is 0.471. The molecule has 0 bridgehead atoms. The summed E-state index contributed by atoms with van der Waals surface area (Å²) in [7, 11) is 0. The first-order chi connectivity index (χ1) is 9.24. The lowest BCUT2D eigenvalue weighted by Gasteiger charge is -2.02. The van der Waals surface area contributed by atoms with Crippen molar-refractivity contribution in [1.29, 1.82) is 0 Å². The third-order valence-electron chi connectivity index (χ3n) is 3.14. The maximum Gasteiger partial charge on any atom is 0.137 e. The molecule has 1 heterocycles. The number of nitrogens with zero attached hydrogens (tertiary/aromatic N) is 1. The first-order valence-corrected chi connectivity index (χ1v) is 6.14. The molecular weight excluding hydrogens is 236 g/mol. The number of aromatic nitrogens is 2. The molecule has 1 aromatic heterocycles. The number of aromatic hydroxyl groups is 1. The second-order valence-corrected chi connectivity index (χ2v) is 4.51. The quantitative estimate of drug-likeness (QED) is 0.727. The molecule has 0 atom stereocenters. The summed E-state index contributed by atoms with van der Waals surface area (Å²) in [6.45, 7) is 1.88. The lowest BCUT2D eigenvalue weighted by atomic mass is 10.1. The van der Waals surface area contributed by atoms with Crippen LogP contribution in [0, 0.1) is 6.92 Å². The van der Waals surface area contributed by atoms with E-state index in [1.165, 1.54) is 0 Å². The summed E-state index contributed by atoms with van der Waals surface area (Å²) >= 11 is 0. The van der Waals surface area contributed by atoms with Crippen LogP contribution in [0.25, 0.3) is 22.6 Å².